The Balaban J connectivity index is 1.63. The number of pyridine rings is 1. The van der Waals surface area contributed by atoms with Crippen LogP contribution in [0, 0.1) is 0 Å². The normalized spacial score (nSPS) is 13.7. The Kier molecular flexibility index (Phi) is 4.48. The highest BCUT2D eigenvalue weighted by Crippen LogP contribution is 2.39. The molecule has 4 rings (SSSR count). The summed E-state index contributed by atoms with van der Waals surface area (Å²) in [5, 5.41) is 6.51. The lowest BCUT2D eigenvalue weighted by molar-refractivity contribution is 0.869. The second kappa shape index (κ2) is 7.07. The largest absolute Gasteiger partial charge is 0.352 e. The van der Waals surface area contributed by atoms with E-state index < -0.39 is 0 Å². The number of hydrogen-bond donors (Lipinski definition) is 2. The minimum atomic E-state index is 0.230. The minimum absolute atomic E-state index is 0.230. The third-order valence-corrected chi connectivity index (χ3v) is 4.12. The van der Waals surface area contributed by atoms with E-state index in [1.165, 1.54) is 18.5 Å². The Hall–Kier alpha value is -3.02. The van der Waals surface area contributed by atoms with Crippen molar-refractivity contribution >= 4 is 17.6 Å². The number of rotatable bonds is 6. The molecule has 0 aliphatic heterocycles. The molecule has 0 spiro atoms. The summed E-state index contributed by atoms with van der Waals surface area (Å²) in [5.41, 5.74) is 2.99. The number of anilines is 3. The summed E-state index contributed by atoms with van der Waals surface area (Å²) in [6.07, 6.45) is 4.34. The highest BCUT2D eigenvalue weighted by Gasteiger charge is 2.24. The maximum Gasteiger partial charge on any atom is 0.232 e. The summed E-state index contributed by atoms with van der Waals surface area (Å²) >= 11 is 0. The standard InChI is InChI=1S/C20H22N6/c1-13(2)22-19-24-18(15-6-4-3-5-7-15)25-20(26-19)23-16-10-11-17(21-12-16)14-8-9-14/h3-7,10-14H,8-9H2,1-2H3,(H2,22,23,24,25,26). The molecule has 1 fully saturated rings. The van der Waals surface area contributed by atoms with Gasteiger partial charge >= 0.3 is 0 Å². The summed E-state index contributed by atoms with van der Waals surface area (Å²) in [7, 11) is 0. The molecule has 0 atom stereocenters. The lowest BCUT2D eigenvalue weighted by Gasteiger charge is -2.12. The Bertz CT molecular complexity index is 873. The predicted molar refractivity (Wildman–Crippen MR) is 104 cm³/mol. The average Bonchev–Trinajstić information content (AvgIpc) is 3.47. The predicted octanol–water partition coefficient (Wildman–Crippen LogP) is 4.37. The maximum atomic E-state index is 4.57. The van der Waals surface area contributed by atoms with Crippen LogP contribution < -0.4 is 10.6 Å². The van der Waals surface area contributed by atoms with Gasteiger partial charge in [-0.15, -0.1) is 0 Å². The molecule has 6 heteroatoms. The number of benzene rings is 1. The summed E-state index contributed by atoms with van der Waals surface area (Å²) in [4.78, 5) is 18.1. The first-order chi connectivity index (χ1) is 12.7. The molecule has 0 saturated heterocycles. The molecular formula is C20H22N6. The molecule has 26 heavy (non-hydrogen) atoms. The minimum Gasteiger partial charge on any atom is -0.352 e. The van der Waals surface area contributed by atoms with Crippen molar-refractivity contribution in [2.75, 3.05) is 10.6 Å². The molecule has 1 aliphatic rings. The van der Waals surface area contributed by atoms with Gasteiger partial charge in [0, 0.05) is 23.2 Å². The second-order valence-electron chi connectivity index (χ2n) is 6.84. The van der Waals surface area contributed by atoms with Crippen LogP contribution in [0.4, 0.5) is 17.6 Å². The van der Waals surface area contributed by atoms with Crippen molar-refractivity contribution in [2.24, 2.45) is 0 Å². The summed E-state index contributed by atoms with van der Waals surface area (Å²) in [6, 6.07) is 14.2. The summed E-state index contributed by atoms with van der Waals surface area (Å²) in [6.45, 7) is 4.11. The van der Waals surface area contributed by atoms with Gasteiger partial charge in [0.1, 0.15) is 0 Å². The Morgan fingerprint density at radius 3 is 2.35 bits per heavy atom. The maximum absolute atomic E-state index is 4.57. The monoisotopic (exact) mass is 346 g/mol. The smallest absolute Gasteiger partial charge is 0.232 e. The van der Waals surface area contributed by atoms with Gasteiger partial charge < -0.3 is 10.6 Å². The van der Waals surface area contributed by atoms with E-state index in [-0.39, 0.29) is 6.04 Å². The van der Waals surface area contributed by atoms with Gasteiger partial charge in [-0.05, 0) is 38.8 Å². The first kappa shape index (κ1) is 16.4. The van der Waals surface area contributed by atoms with Crippen molar-refractivity contribution in [3.05, 3.63) is 54.4 Å². The van der Waals surface area contributed by atoms with Crippen LogP contribution in [0.2, 0.25) is 0 Å². The SMILES string of the molecule is CC(C)Nc1nc(Nc2ccc(C3CC3)nc2)nc(-c2ccccc2)n1. The van der Waals surface area contributed by atoms with E-state index in [9.17, 15) is 0 Å². The Morgan fingerprint density at radius 2 is 1.69 bits per heavy atom. The van der Waals surface area contributed by atoms with Crippen molar-refractivity contribution in [3.8, 4) is 11.4 Å². The van der Waals surface area contributed by atoms with E-state index in [4.69, 9.17) is 0 Å². The molecule has 132 valence electrons. The van der Waals surface area contributed by atoms with Crippen LogP contribution in [0.3, 0.4) is 0 Å². The van der Waals surface area contributed by atoms with Crippen molar-refractivity contribution in [1.82, 2.24) is 19.9 Å². The quantitative estimate of drug-likeness (QED) is 0.690. The van der Waals surface area contributed by atoms with E-state index in [1.807, 2.05) is 42.6 Å². The molecule has 2 aromatic heterocycles. The summed E-state index contributed by atoms with van der Waals surface area (Å²) < 4.78 is 0. The molecule has 0 bridgehead atoms. The zero-order chi connectivity index (χ0) is 17.9. The molecule has 0 unspecified atom stereocenters. The topological polar surface area (TPSA) is 75.6 Å². The van der Waals surface area contributed by atoms with Gasteiger partial charge in [-0.25, -0.2) is 0 Å². The average molecular weight is 346 g/mol. The Labute approximate surface area is 153 Å². The van der Waals surface area contributed by atoms with Gasteiger partial charge in [-0.2, -0.15) is 15.0 Å². The first-order valence-corrected chi connectivity index (χ1v) is 8.98. The number of nitrogens with zero attached hydrogens (tertiary/aromatic N) is 4. The molecule has 2 heterocycles. The van der Waals surface area contributed by atoms with Crippen molar-refractivity contribution < 1.29 is 0 Å². The molecule has 1 saturated carbocycles. The molecular weight excluding hydrogens is 324 g/mol. The molecule has 0 radical (unpaired) electrons. The fraction of sp³-hybridized carbons (Fsp3) is 0.300. The van der Waals surface area contributed by atoms with Gasteiger partial charge in [0.15, 0.2) is 5.82 Å². The number of hydrogen-bond acceptors (Lipinski definition) is 6. The molecule has 1 aliphatic carbocycles. The van der Waals surface area contributed by atoms with E-state index in [1.54, 1.807) is 0 Å². The highest BCUT2D eigenvalue weighted by atomic mass is 15.2. The van der Waals surface area contributed by atoms with E-state index in [0.717, 1.165) is 11.3 Å². The van der Waals surface area contributed by atoms with E-state index in [2.05, 4.69) is 50.5 Å². The number of aromatic nitrogens is 4. The molecule has 0 amide bonds. The number of nitrogens with one attached hydrogen (secondary N) is 2. The van der Waals surface area contributed by atoms with Gasteiger partial charge in [0.25, 0.3) is 0 Å². The molecule has 1 aromatic carbocycles. The van der Waals surface area contributed by atoms with Crippen molar-refractivity contribution in [3.63, 3.8) is 0 Å². The van der Waals surface area contributed by atoms with Gasteiger partial charge in [0.05, 0.1) is 11.9 Å². The summed E-state index contributed by atoms with van der Waals surface area (Å²) in [5.74, 6) is 2.34. The van der Waals surface area contributed by atoms with Crippen LogP contribution in [0.15, 0.2) is 48.7 Å². The van der Waals surface area contributed by atoms with Crippen LogP contribution >= 0.6 is 0 Å². The second-order valence-corrected chi connectivity index (χ2v) is 6.84. The fourth-order valence-electron chi connectivity index (χ4n) is 2.70. The third-order valence-electron chi connectivity index (χ3n) is 4.12. The van der Waals surface area contributed by atoms with Gasteiger partial charge in [-0.1, -0.05) is 30.3 Å². The van der Waals surface area contributed by atoms with Gasteiger partial charge in [-0.3, -0.25) is 4.98 Å². The highest BCUT2D eigenvalue weighted by molar-refractivity contribution is 5.60. The van der Waals surface area contributed by atoms with E-state index in [0.29, 0.717) is 23.6 Å². The van der Waals surface area contributed by atoms with Crippen LogP contribution in [0.5, 0.6) is 0 Å². The van der Waals surface area contributed by atoms with Crippen LogP contribution in [0.25, 0.3) is 11.4 Å². The lowest BCUT2D eigenvalue weighted by Crippen LogP contribution is -2.14. The van der Waals surface area contributed by atoms with Crippen LogP contribution in [-0.2, 0) is 0 Å². The first-order valence-electron chi connectivity index (χ1n) is 8.98. The zero-order valence-corrected chi connectivity index (χ0v) is 15.0. The molecule has 2 N–H and O–H groups in total. The van der Waals surface area contributed by atoms with Crippen molar-refractivity contribution in [1.29, 1.82) is 0 Å². The van der Waals surface area contributed by atoms with E-state index >= 15 is 0 Å². The molecule has 6 nitrogen and oxygen atoms in total. The van der Waals surface area contributed by atoms with Crippen LogP contribution in [-0.4, -0.2) is 26.0 Å². The third kappa shape index (κ3) is 3.96. The fourth-order valence-corrected chi connectivity index (χ4v) is 2.70. The zero-order valence-electron chi connectivity index (χ0n) is 15.0. The van der Waals surface area contributed by atoms with Crippen LogP contribution in [0.1, 0.15) is 38.3 Å². The Morgan fingerprint density at radius 1 is 0.923 bits per heavy atom. The molecule has 3 aromatic rings. The lowest BCUT2D eigenvalue weighted by atomic mass is 10.2. The van der Waals surface area contributed by atoms with Gasteiger partial charge in [0.2, 0.25) is 11.9 Å². The van der Waals surface area contributed by atoms with Crippen molar-refractivity contribution in [2.45, 2.75) is 38.6 Å².